The van der Waals surface area contributed by atoms with Crippen molar-refractivity contribution in [3.63, 3.8) is 0 Å². The van der Waals surface area contributed by atoms with Crippen LogP contribution in [0.25, 0.3) is 0 Å². The lowest BCUT2D eigenvalue weighted by molar-refractivity contribution is -0.384. The van der Waals surface area contributed by atoms with E-state index >= 15 is 0 Å². The van der Waals surface area contributed by atoms with E-state index in [1.165, 1.54) is 25.1 Å². The fourth-order valence-corrected chi connectivity index (χ4v) is 1.62. The van der Waals surface area contributed by atoms with Gasteiger partial charge in [0.05, 0.1) is 9.75 Å². The zero-order valence-electron chi connectivity index (χ0n) is 8.34. The second-order valence-corrected chi connectivity index (χ2v) is 4.08. The number of hydrogen-bond acceptors (Lipinski definition) is 4. The van der Waals surface area contributed by atoms with Gasteiger partial charge in [-0.3, -0.25) is 19.7 Å². The monoisotopic (exact) mass is 285 g/mol. The van der Waals surface area contributed by atoms with Crippen molar-refractivity contribution in [2.24, 2.45) is 0 Å². The summed E-state index contributed by atoms with van der Waals surface area (Å²) in [7, 11) is 0. The van der Waals surface area contributed by atoms with Crippen molar-refractivity contribution in [2.45, 2.75) is 11.8 Å². The average molecular weight is 286 g/mol. The summed E-state index contributed by atoms with van der Waals surface area (Å²) in [6.45, 7) is 1.34. The number of Topliss-reactive ketones (excluding diaryl/α,β-unsaturated/α-hetero) is 1. The molecule has 0 aromatic heterocycles. The minimum Gasteiger partial charge on any atom is -0.298 e. The van der Waals surface area contributed by atoms with Gasteiger partial charge in [0.2, 0.25) is 0 Å². The normalized spacial score (nSPS) is 11.9. The summed E-state index contributed by atoms with van der Waals surface area (Å²) in [5, 5.41) is 10.6. The van der Waals surface area contributed by atoms with Crippen LogP contribution >= 0.6 is 15.9 Å². The van der Waals surface area contributed by atoms with E-state index < -0.39 is 9.75 Å². The van der Waals surface area contributed by atoms with Gasteiger partial charge in [-0.2, -0.15) is 0 Å². The number of rotatable bonds is 4. The SMILES string of the molecule is CC(=O)C(Br)c1cc([N+](=O)[O-])ccc1C=O. The fourth-order valence-electron chi connectivity index (χ4n) is 1.22. The molecule has 0 spiro atoms. The van der Waals surface area contributed by atoms with Crippen molar-refractivity contribution in [3.8, 4) is 0 Å². The van der Waals surface area contributed by atoms with Crippen LogP contribution in [0.5, 0.6) is 0 Å². The highest BCUT2D eigenvalue weighted by Gasteiger charge is 2.19. The lowest BCUT2D eigenvalue weighted by atomic mass is 10.0. The fraction of sp³-hybridized carbons (Fsp3) is 0.200. The molecule has 1 aromatic carbocycles. The smallest absolute Gasteiger partial charge is 0.269 e. The van der Waals surface area contributed by atoms with Crippen molar-refractivity contribution in [1.29, 1.82) is 0 Å². The number of nitro groups is 1. The van der Waals surface area contributed by atoms with Crippen LogP contribution in [0.4, 0.5) is 5.69 Å². The molecule has 84 valence electrons. The maximum absolute atomic E-state index is 11.2. The Balaban J connectivity index is 3.32. The molecule has 0 bridgehead atoms. The molecule has 0 aliphatic carbocycles. The number of carbonyl (C=O) groups excluding carboxylic acids is 2. The van der Waals surface area contributed by atoms with Gasteiger partial charge in [-0.05, 0) is 18.6 Å². The maximum atomic E-state index is 11.2. The molecule has 1 aromatic rings. The number of hydrogen-bond donors (Lipinski definition) is 0. The molecule has 0 saturated carbocycles. The largest absolute Gasteiger partial charge is 0.298 e. The van der Waals surface area contributed by atoms with E-state index in [2.05, 4.69) is 15.9 Å². The first-order valence-electron chi connectivity index (χ1n) is 4.35. The van der Waals surface area contributed by atoms with Crippen LogP contribution < -0.4 is 0 Å². The summed E-state index contributed by atoms with van der Waals surface area (Å²) in [6.07, 6.45) is 0.566. The van der Waals surface area contributed by atoms with Gasteiger partial charge in [0, 0.05) is 17.7 Å². The Morgan fingerprint density at radius 3 is 2.62 bits per heavy atom. The Morgan fingerprint density at radius 2 is 2.19 bits per heavy atom. The first-order chi connectivity index (χ1) is 7.47. The lowest BCUT2D eigenvalue weighted by Crippen LogP contribution is -2.05. The van der Waals surface area contributed by atoms with Crippen molar-refractivity contribution in [3.05, 3.63) is 39.4 Å². The molecule has 0 radical (unpaired) electrons. The van der Waals surface area contributed by atoms with Gasteiger partial charge in [0.25, 0.3) is 5.69 Å². The van der Waals surface area contributed by atoms with E-state index in [1.54, 1.807) is 0 Å². The van der Waals surface area contributed by atoms with Crippen LogP contribution in [-0.4, -0.2) is 17.0 Å². The maximum Gasteiger partial charge on any atom is 0.269 e. The Bertz CT molecular complexity index is 458. The van der Waals surface area contributed by atoms with E-state index in [0.29, 0.717) is 11.8 Å². The Hall–Kier alpha value is -1.56. The number of carbonyl (C=O) groups is 2. The molecule has 0 aliphatic rings. The molecule has 1 rings (SSSR count). The van der Waals surface area contributed by atoms with Crippen LogP contribution in [-0.2, 0) is 4.79 Å². The summed E-state index contributed by atoms with van der Waals surface area (Å²) in [4.78, 5) is 31.2. The van der Waals surface area contributed by atoms with Crippen LogP contribution in [0, 0.1) is 10.1 Å². The third-order valence-electron chi connectivity index (χ3n) is 2.04. The average Bonchev–Trinajstić information content (AvgIpc) is 2.26. The predicted molar refractivity (Wildman–Crippen MR) is 60.8 cm³/mol. The lowest BCUT2D eigenvalue weighted by Gasteiger charge is -2.08. The highest BCUT2D eigenvalue weighted by Crippen LogP contribution is 2.29. The second-order valence-electron chi connectivity index (χ2n) is 3.16. The molecule has 5 nitrogen and oxygen atoms in total. The molecule has 0 aliphatic heterocycles. The topological polar surface area (TPSA) is 77.3 Å². The number of halogens is 1. The van der Waals surface area contributed by atoms with E-state index in [9.17, 15) is 19.7 Å². The van der Waals surface area contributed by atoms with Crippen molar-refractivity contribution < 1.29 is 14.5 Å². The van der Waals surface area contributed by atoms with Crippen molar-refractivity contribution in [1.82, 2.24) is 0 Å². The summed E-state index contributed by atoms with van der Waals surface area (Å²) in [6, 6.07) is 3.79. The number of alkyl halides is 1. The summed E-state index contributed by atoms with van der Waals surface area (Å²) < 4.78 is 0. The number of aldehydes is 1. The molecule has 0 fully saturated rings. The molecule has 1 unspecified atom stereocenters. The summed E-state index contributed by atoms with van der Waals surface area (Å²) in [5.74, 6) is -0.219. The van der Waals surface area contributed by atoms with Gasteiger partial charge in [-0.1, -0.05) is 15.9 Å². The number of non-ortho nitro benzene ring substituents is 1. The van der Waals surface area contributed by atoms with Gasteiger partial charge in [-0.15, -0.1) is 0 Å². The van der Waals surface area contributed by atoms with E-state index in [4.69, 9.17) is 0 Å². The first-order valence-corrected chi connectivity index (χ1v) is 5.27. The second kappa shape index (κ2) is 4.98. The van der Waals surface area contributed by atoms with Gasteiger partial charge in [0.1, 0.15) is 12.1 Å². The van der Waals surface area contributed by atoms with Crippen molar-refractivity contribution in [2.75, 3.05) is 0 Å². The van der Waals surface area contributed by atoms with Crippen LogP contribution in [0.2, 0.25) is 0 Å². The predicted octanol–water partition coefficient (Wildman–Crippen LogP) is 2.43. The molecule has 0 heterocycles. The zero-order valence-corrected chi connectivity index (χ0v) is 9.93. The van der Waals surface area contributed by atoms with Crippen molar-refractivity contribution >= 4 is 33.7 Å². The van der Waals surface area contributed by atoms with Gasteiger partial charge < -0.3 is 0 Å². The van der Waals surface area contributed by atoms with E-state index in [0.717, 1.165) is 0 Å². The highest BCUT2D eigenvalue weighted by atomic mass is 79.9. The molecule has 16 heavy (non-hydrogen) atoms. The standard InChI is InChI=1S/C10H8BrNO4/c1-6(14)10(11)9-4-8(12(15)16)3-2-7(9)5-13/h2-5,10H,1H3. The Labute approximate surface area is 99.7 Å². The number of ketones is 1. The van der Waals surface area contributed by atoms with Gasteiger partial charge in [-0.25, -0.2) is 0 Å². The molecule has 6 heteroatoms. The Morgan fingerprint density at radius 1 is 1.56 bits per heavy atom. The van der Waals surface area contributed by atoms with Gasteiger partial charge >= 0.3 is 0 Å². The zero-order chi connectivity index (χ0) is 12.3. The molecule has 0 N–H and O–H groups in total. The quantitative estimate of drug-likeness (QED) is 0.368. The van der Waals surface area contributed by atoms with E-state index in [1.807, 2.05) is 0 Å². The molecule has 0 amide bonds. The number of nitrogens with zero attached hydrogens (tertiary/aromatic N) is 1. The molecular weight excluding hydrogens is 278 g/mol. The summed E-state index contributed by atoms with van der Waals surface area (Å²) in [5.41, 5.74) is 0.436. The third-order valence-corrected chi connectivity index (χ3v) is 3.18. The van der Waals surface area contributed by atoms with Gasteiger partial charge in [0.15, 0.2) is 0 Å². The highest BCUT2D eigenvalue weighted by molar-refractivity contribution is 9.09. The number of benzene rings is 1. The van der Waals surface area contributed by atoms with Crippen LogP contribution in [0.3, 0.4) is 0 Å². The molecule has 1 atom stereocenters. The molecular formula is C10H8BrNO4. The summed E-state index contributed by atoms with van der Waals surface area (Å²) >= 11 is 3.09. The van der Waals surface area contributed by atoms with Crippen LogP contribution in [0.15, 0.2) is 18.2 Å². The van der Waals surface area contributed by atoms with E-state index in [-0.39, 0.29) is 17.0 Å². The third kappa shape index (κ3) is 2.52. The minimum absolute atomic E-state index is 0.147. The molecule has 0 saturated heterocycles. The Kier molecular flexibility index (Phi) is 3.89. The number of nitro benzene ring substituents is 1. The first kappa shape index (κ1) is 12.5. The van der Waals surface area contributed by atoms with Crippen LogP contribution in [0.1, 0.15) is 27.7 Å². The minimum atomic E-state index is -0.701.